The maximum absolute atomic E-state index is 6.35. The van der Waals surface area contributed by atoms with Gasteiger partial charge in [0.15, 0.2) is 8.32 Å². The molecule has 0 amide bonds. The van der Waals surface area contributed by atoms with E-state index >= 15 is 0 Å². The summed E-state index contributed by atoms with van der Waals surface area (Å²) in [6.45, 7) is 11.3. The van der Waals surface area contributed by atoms with Gasteiger partial charge in [0, 0.05) is 26.2 Å². The zero-order chi connectivity index (χ0) is 17.3. The van der Waals surface area contributed by atoms with Crippen LogP contribution in [0.5, 0.6) is 0 Å². The normalized spacial score (nSPS) is 15.5. The number of hydrogen-bond acceptors (Lipinski definition) is 2. The highest BCUT2D eigenvalue weighted by molar-refractivity contribution is 6.71. The highest BCUT2D eigenvalue weighted by atomic mass is 28.4. The van der Waals surface area contributed by atoms with Gasteiger partial charge < -0.3 is 4.43 Å². The van der Waals surface area contributed by atoms with E-state index in [4.69, 9.17) is 4.43 Å². The van der Waals surface area contributed by atoms with E-state index in [1.165, 1.54) is 68.7 Å². The topological polar surface area (TPSA) is 12.5 Å². The highest BCUT2D eigenvalue weighted by Gasteiger charge is 2.22. The van der Waals surface area contributed by atoms with E-state index in [-0.39, 0.29) is 0 Å². The molecule has 2 nitrogen and oxygen atoms in total. The summed E-state index contributed by atoms with van der Waals surface area (Å²) in [5.41, 5.74) is 3.04. The summed E-state index contributed by atoms with van der Waals surface area (Å²) in [4.78, 5) is 2.55. The smallest absolute Gasteiger partial charge is 0.186 e. The molecule has 1 aromatic rings. The van der Waals surface area contributed by atoms with Crippen molar-refractivity contribution < 1.29 is 4.43 Å². The van der Waals surface area contributed by atoms with Crippen LogP contribution in [0.15, 0.2) is 24.3 Å². The molecule has 0 radical (unpaired) electrons. The van der Waals surface area contributed by atoms with E-state index < -0.39 is 8.32 Å². The molecule has 3 heteroatoms. The first-order chi connectivity index (χ1) is 11.6. The Labute approximate surface area is 150 Å². The molecule has 1 aromatic carbocycles. The monoisotopic (exact) mass is 347 g/mol. The molecule has 0 fully saturated rings. The van der Waals surface area contributed by atoms with E-state index in [2.05, 4.69) is 49.2 Å². The van der Waals surface area contributed by atoms with Gasteiger partial charge in [-0.05, 0) is 36.7 Å². The fourth-order valence-electron chi connectivity index (χ4n) is 3.60. The van der Waals surface area contributed by atoms with Crippen LogP contribution in [0, 0.1) is 0 Å². The molecule has 24 heavy (non-hydrogen) atoms. The van der Waals surface area contributed by atoms with Crippen LogP contribution in [0.2, 0.25) is 19.1 Å². The Balaban J connectivity index is 1.59. The molecule has 0 bridgehead atoms. The predicted octanol–water partition coefficient (Wildman–Crippen LogP) is 5.63. The lowest BCUT2D eigenvalue weighted by Crippen LogP contribution is -2.37. The number of nitrogens with zero attached hydrogens (tertiary/aromatic N) is 1. The van der Waals surface area contributed by atoms with E-state index in [9.17, 15) is 0 Å². The molecule has 0 atom stereocenters. The minimum atomic E-state index is -1.45. The first-order valence-corrected chi connectivity index (χ1v) is 13.2. The Kier molecular flexibility index (Phi) is 8.50. The maximum Gasteiger partial charge on any atom is 0.186 e. The van der Waals surface area contributed by atoms with Crippen molar-refractivity contribution in [2.75, 3.05) is 19.7 Å². The Morgan fingerprint density at radius 1 is 1.00 bits per heavy atom. The molecule has 0 saturated carbocycles. The predicted molar refractivity (Wildman–Crippen MR) is 107 cm³/mol. The van der Waals surface area contributed by atoms with Crippen molar-refractivity contribution in [3.05, 3.63) is 35.4 Å². The molecule has 0 N–H and O–H groups in total. The van der Waals surface area contributed by atoms with Crippen LogP contribution >= 0.6 is 0 Å². The van der Waals surface area contributed by atoms with E-state index in [0.29, 0.717) is 0 Å². The second-order valence-corrected chi connectivity index (χ2v) is 12.2. The van der Waals surface area contributed by atoms with Crippen LogP contribution in [0.3, 0.4) is 0 Å². The Morgan fingerprint density at radius 3 is 2.50 bits per heavy atom. The number of unbranched alkanes of at least 4 members (excludes halogenated alkanes) is 5. The second kappa shape index (κ2) is 10.4. The number of fused-ring (bicyclic) bond motifs is 1. The minimum absolute atomic E-state index is 0.914. The fourth-order valence-corrected chi connectivity index (χ4v) is 5.49. The van der Waals surface area contributed by atoms with E-state index in [1.807, 2.05) is 0 Å². The third kappa shape index (κ3) is 7.08. The van der Waals surface area contributed by atoms with Gasteiger partial charge in [-0.25, -0.2) is 0 Å². The van der Waals surface area contributed by atoms with Gasteiger partial charge in [0.1, 0.15) is 0 Å². The molecule has 1 aliphatic rings. The maximum atomic E-state index is 6.35. The Morgan fingerprint density at radius 2 is 1.71 bits per heavy atom. The Bertz CT molecular complexity index is 475. The standard InChI is InChI=1S/C21H37NOSi/c1-4-5-6-7-8-11-18-24(2,3)23-17-16-22-15-14-20-12-9-10-13-21(20)19-22/h9-10,12-13H,4-8,11,14-19H2,1-3H3. The summed E-state index contributed by atoms with van der Waals surface area (Å²) in [6.07, 6.45) is 9.50. The van der Waals surface area contributed by atoms with E-state index in [0.717, 1.165) is 19.7 Å². The van der Waals surface area contributed by atoms with Crippen LogP contribution in [0.4, 0.5) is 0 Å². The zero-order valence-electron chi connectivity index (χ0n) is 16.2. The third-order valence-corrected chi connectivity index (χ3v) is 7.79. The quantitative estimate of drug-likeness (QED) is 0.380. The van der Waals surface area contributed by atoms with Gasteiger partial charge in [0.25, 0.3) is 0 Å². The molecule has 1 aliphatic heterocycles. The zero-order valence-corrected chi connectivity index (χ0v) is 17.2. The molecular formula is C21H37NOSi. The van der Waals surface area contributed by atoms with Gasteiger partial charge in [-0.3, -0.25) is 4.90 Å². The van der Waals surface area contributed by atoms with Crippen LogP contribution < -0.4 is 0 Å². The fraction of sp³-hybridized carbons (Fsp3) is 0.714. The summed E-state index contributed by atoms with van der Waals surface area (Å²) >= 11 is 0. The molecule has 1 heterocycles. The lowest BCUT2D eigenvalue weighted by molar-refractivity contribution is 0.191. The lowest BCUT2D eigenvalue weighted by atomic mass is 10.0. The Hall–Kier alpha value is -0.643. The SMILES string of the molecule is CCCCCCCC[Si](C)(C)OCCN1CCc2ccccc2C1. The van der Waals surface area contributed by atoms with Gasteiger partial charge in [-0.2, -0.15) is 0 Å². The summed E-state index contributed by atoms with van der Waals surface area (Å²) in [6, 6.07) is 10.2. The number of rotatable bonds is 11. The molecule has 0 saturated heterocycles. The highest BCUT2D eigenvalue weighted by Crippen LogP contribution is 2.20. The summed E-state index contributed by atoms with van der Waals surface area (Å²) in [7, 11) is -1.45. The molecular weight excluding hydrogens is 310 g/mol. The first kappa shape index (κ1) is 19.7. The van der Waals surface area contributed by atoms with Crippen LogP contribution in [0.1, 0.15) is 56.6 Å². The van der Waals surface area contributed by atoms with Gasteiger partial charge in [-0.15, -0.1) is 0 Å². The summed E-state index contributed by atoms with van der Waals surface area (Å²) in [5.74, 6) is 0. The average molecular weight is 348 g/mol. The molecule has 0 unspecified atom stereocenters. The third-order valence-electron chi connectivity index (χ3n) is 5.24. The molecule has 0 aliphatic carbocycles. The molecule has 0 aromatic heterocycles. The lowest BCUT2D eigenvalue weighted by Gasteiger charge is -2.30. The van der Waals surface area contributed by atoms with Gasteiger partial charge in [0.2, 0.25) is 0 Å². The minimum Gasteiger partial charge on any atom is -0.416 e. The van der Waals surface area contributed by atoms with Crippen molar-refractivity contribution in [3.8, 4) is 0 Å². The van der Waals surface area contributed by atoms with Crippen molar-refractivity contribution in [2.45, 2.75) is 77.6 Å². The average Bonchev–Trinajstić information content (AvgIpc) is 2.58. The van der Waals surface area contributed by atoms with Crippen LogP contribution in [-0.4, -0.2) is 32.9 Å². The second-order valence-electron chi connectivity index (χ2n) is 7.92. The summed E-state index contributed by atoms with van der Waals surface area (Å²) < 4.78 is 6.35. The van der Waals surface area contributed by atoms with Crippen molar-refractivity contribution in [3.63, 3.8) is 0 Å². The number of benzene rings is 1. The van der Waals surface area contributed by atoms with Crippen molar-refractivity contribution in [2.24, 2.45) is 0 Å². The molecule has 0 spiro atoms. The largest absolute Gasteiger partial charge is 0.416 e. The number of hydrogen-bond donors (Lipinski definition) is 0. The van der Waals surface area contributed by atoms with Crippen LogP contribution in [0.25, 0.3) is 0 Å². The van der Waals surface area contributed by atoms with Gasteiger partial charge in [-0.1, -0.05) is 69.7 Å². The summed E-state index contributed by atoms with van der Waals surface area (Å²) in [5, 5.41) is 0. The van der Waals surface area contributed by atoms with Gasteiger partial charge in [0.05, 0.1) is 0 Å². The molecule has 136 valence electrons. The van der Waals surface area contributed by atoms with Crippen molar-refractivity contribution in [1.29, 1.82) is 0 Å². The van der Waals surface area contributed by atoms with Crippen molar-refractivity contribution >= 4 is 8.32 Å². The molecule has 2 rings (SSSR count). The van der Waals surface area contributed by atoms with Crippen molar-refractivity contribution in [1.82, 2.24) is 4.90 Å². The van der Waals surface area contributed by atoms with Crippen LogP contribution in [-0.2, 0) is 17.4 Å². The van der Waals surface area contributed by atoms with Gasteiger partial charge >= 0.3 is 0 Å². The first-order valence-electron chi connectivity index (χ1n) is 10.0. The van der Waals surface area contributed by atoms with E-state index in [1.54, 1.807) is 0 Å².